The molecule has 4 heteroatoms. The molecule has 2 unspecified atom stereocenters. The molecule has 0 saturated heterocycles. The Kier molecular flexibility index (Phi) is 15.4. The number of ether oxygens (including phenoxy) is 2. The van der Waals surface area contributed by atoms with E-state index < -0.39 is 5.41 Å². The maximum atomic E-state index is 6.75. The third-order valence-electron chi connectivity index (χ3n) is 18.1. The Morgan fingerprint density at radius 3 is 1.19 bits per heavy atom. The van der Waals surface area contributed by atoms with E-state index in [1.807, 2.05) is 0 Å². The Morgan fingerprint density at radius 1 is 0.370 bits per heavy atom. The van der Waals surface area contributed by atoms with Crippen molar-refractivity contribution in [3.8, 4) is 33.8 Å². The fourth-order valence-electron chi connectivity index (χ4n) is 13.8. The molecular formula is C77H82N2O2. The molecule has 0 N–H and O–H groups in total. The minimum absolute atomic E-state index is 0.586. The zero-order valence-electron chi connectivity index (χ0n) is 49.3. The highest BCUT2D eigenvalue weighted by molar-refractivity contribution is 6.10. The number of nitrogens with zero attached hydrogens (tertiary/aromatic N) is 2. The molecule has 412 valence electrons. The molecule has 0 saturated carbocycles. The maximum Gasteiger partial charge on any atom is 0.119 e. The summed E-state index contributed by atoms with van der Waals surface area (Å²) in [5.74, 6) is 4.58. The maximum absolute atomic E-state index is 6.75. The summed E-state index contributed by atoms with van der Waals surface area (Å²) < 4.78 is 18.4. The number of para-hydroxylation sites is 2. The number of fused-ring (bicyclic) bond motifs is 16. The summed E-state index contributed by atoms with van der Waals surface area (Å²) in [6.07, 6.45) is 18.9. The molecule has 81 heavy (non-hydrogen) atoms. The number of aryl methyl sites for hydroxylation is 2. The van der Waals surface area contributed by atoms with Crippen molar-refractivity contribution in [1.29, 1.82) is 0 Å². The number of rotatable bonds is 22. The van der Waals surface area contributed by atoms with E-state index in [2.05, 4.69) is 247 Å². The third kappa shape index (κ3) is 10.3. The highest BCUT2D eigenvalue weighted by Gasteiger charge is 2.52. The minimum atomic E-state index is -0.586. The average molecular weight is 1070 g/mol. The van der Waals surface area contributed by atoms with Gasteiger partial charge in [0.1, 0.15) is 11.5 Å². The van der Waals surface area contributed by atoms with Crippen molar-refractivity contribution in [2.45, 2.75) is 125 Å². The van der Waals surface area contributed by atoms with Gasteiger partial charge in [-0.3, -0.25) is 0 Å². The van der Waals surface area contributed by atoms with Crippen molar-refractivity contribution in [3.05, 3.63) is 202 Å². The predicted molar refractivity (Wildman–Crippen MR) is 347 cm³/mol. The van der Waals surface area contributed by atoms with Gasteiger partial charge in [0, 0.05) is 56.7 Å². The van der Waals surface area contributed by atoms with Crippen LogP contribution >= 0.6 is 0 Å². The quantitative estimate of drug-likeness (QED) is 0.0633. The van der Waals surface area contributed by atoms with E-state index in [0.717, 1.165) is 49.3 Å². The molecule has 0 bridgehead atoms. The minimum Gasteiger partial charge on any atom is -0.494 e. The molecule has 1 spiro atoms. The lowest BCUT2D eigenvalue weighted by molar-refractivity contribution is 0.275. The fraction of sp³-hybridized carbons (Fsp3) is 0.325. The summed E-state index contributed by atoms with van der Waals surface area (Å²) in [7, 11) is 0. The van der Waals surface area contributed by atoms with Crippen LogP contribution in [-0.4, -0.2) is 22.3 Å². The monoisotopic (exact) mass is 1070 g/mol. The Labute approximate surface area is 482 Å². The van der Waals surface area contributed by atoms with Crippen LogP contribution < -0.4 is 9.47 Å². The van der Waals surface area contributed by atoms with Crippen molar-refractivity contribution >= 4 is 67.9 Å². The summed E-state index contributed by atoms with van der Waals surface area (Å²) in [6.45, 7) is 21.8. The second kappa shape index (κ2) is 23.1. The van der Waals surface area contributed by atoms with Gasteiger partial charge in [-0.25, -0.2) is 0 Å². The fourth-order valence-corrected chi connectivity index (χ4v) is 13.8. The zero-order chi connectivity index (χ0) is 55.8. The second-order valence-electron chi connectivity index (χ2n) is 24.7. The molecule has 0 fully saturated rings. The number of aromatic nitrogens is 2. The Bertz CT molecular complexity index is 3730. The smallest absolute Gasteiger partial charge is 0.119 e. The largest absolute Gasteiger partial charge is 0.494 e. The Hall–Kier alpha value is -7.56. The molecule has 10 aromatic rings. The highest BCUT2D eigenvalue weighted by Crippen LogP contribution is 2.64. The van der Waals surface area contributed by atoms with Crippen molar-refractivity contribution in [1.82, 2.24) is 9.13 Å². The van der Waals surface area contributed by atoms with E-state index in [9.17, 15) is 0 Å². The topological polar surface area (TPSA) is 28.3 Å². The van der Waals surface area contributed by atoms with Crippen LogP contribution in [-0.2, 0) is 18.5 Å². The van der Waals surface area contributed by atoms with Gasteiger partial charge in [0.2, 0.25) is 0 Å². The van der Waals surface area contributed by atoms with Crippen LogP contribution in [0.5, 0.6) is 11.5 Å². The van der Waals surface area contributed by atoms with E-state index in [1.165, 1.54) is 149 Å². The van der Waals surface area contributed by atoms with Gasteiger partial charge in [0.05, 0.1) is 18.6 Å². The molecule has 0 aliphatic heterocycles. The number of hydrogen-bond donors (Lipinski definition) is 0. The van der Waals surface area contributed by atoms with E-state index in [1.54, 1.807) is 0 Å². The van der Waals surface area contributed by atoms with Gasteiger partial charge in [0.15, 0.2) is 0 Å². The first-order valence-electron chi connectivity index (χ1n) is 30.7. The molecule has 2 atom stereocenters. The van der Waals surface area contributed by atoms with Crippen LogP contribution in [0, 0.1) is 23.7 Å². The molecular weight excluding hydrogens is 985 g/mol. The van der Waals surface area contributed by atoms with E-state index >= 15 is 0 Å². The molecule has 2 aromatic heterocycles. The van der Waals surface area contributed by atoms with E-state index in [0.29, 0.717) is 25.0 Å². The van der Waals surface area contributed by atoms with Crippen LogP contribution in [0.15, 0.2) is 158 Å². The molecule has 12 rings (SSSR count). The summed E-state index contributed by atoms with van der Waals surface area (Å²) >= 11 is 0. The van der Waals surface area contributed by atoms with Crippen molar-refractivity contribution in [3.63, 3.8) is 0 Å². The summed E-state index contributed by atoms with van der Waals surface area (Å²) in [6, 6.07) is 59.8. The SMILES string of the molecule is CCn1c2ccccc2c2cc(/C=C/c3ccc4c(c3)C3(c5ccc(OCCC(C)CCCC(C)C)cc5-c5cc(OCCC(C)CCCC(C)C)ccc53)c3cc(/C=C/c5ccc6c(c5)c5ccccc5n6CC)ccc3-4)ccc21. The van der Waals surface area contributed by atoms with Crippen LogP contribution in [0.2, 0.25) is 0 Å². The normalized spacial score (nSPS) is 14.1. The molecule has 2 aliphatic carbocycles. The number of benzene rings is 8. The van der Waals surface area contributed by atoms with Gasteiger partial charge in [-0.1, -0.05) is 189 Å². The molecule has 4 nitrogen and oxygen atoms in total. The standard InChI is InChI=1S/C77H82N2O2/c1-9-78-73-23-13-11-21-63(73)67-45-55(31-39-75(67)78)25-27-57-29-35-61-62-36-30-58(28-26-56-32-40-76-68(46-56)64-22-12-14-24-74(64)79(76)10-2)48-72(62)77(71(61)47-57)69-37-33-59(80-43-41-53(7)19-15-17-51(3)4)49-65(69)66-50-60(34-38-70(66)77)81-44-42-54(8)20-16-18-52(5)6/h11-14,21-40,45-54H,9-10,15-20,41-44H2,1-8H3/b27-25+,28-26+. The molecule has 0 radical (unpaired) electrons. The Morgan fingerprint density at radius 2 is 0.765 bits per heavy atom. The Balaban J connectivity index is 0.956. The average Bonchev–Trinajstić information content (AvgIpc) is 1.87. The van der Waals surface area contributed by atoms with Gasteiger partial charge in [-0.15, -0.1) is 0 Å². The van der Waals surface area contributed by atoms with E-state index in [-0.39, 0.29) is 0 Å². The van der Waals surface area contributed by atoms with Gasteiger partial charge in [-0.2, -0.15) is 0 Å². The first-order valence-corrected chi connectivity index (χ1v) is 30.7. The summed E-state index contributed by atoms with van der Waals surface area (Å²) in [5, 5.41) is 5.20. The molecule has 8 aromatic carbocycles. The van der Waals surface area contributed by atoms with E-state index in [4.69, 9.17) is 9.47 Å². The molecule has 0 amide bonds. The van der Waals surface area contributed by atoms with Gasteiger partial charge in [-0.05, 0) is 190 Å². The zero-order valence-corrected chi connectivity index (χ0v) is 49.3. The van der Waals surface area contributed by atoms with Crippen LogP contribution in [0.25, 0.3) is 90.2 Å². The molecule has 2 heterocycles. The van der Waals surface area contributed by atoms with Gasteiger partial charge < -0.3 is 18.6 Å². The highest BCUT2D eigenvalue weighted by atomic mass is 16.5. The van der Waals surface area contributed by atoms with Crippen LogP contribution in [0.4, 0.5) is 0 Å². The van der Waals surface area contributed by atoms with Crippen molar-refractivity contribution < 1.29 is 9.47 Å². The summed E-state index contributed by atoms with van der Waals surface area (Å²) in [4.78, 5) is 0. The second-order valence-corrected chi connectivity index (χ2v) is 24.7. The van der Waals surface area contributed by atoms with Gasteiger partial charge in [0.25, 0.3) is 0 Å². The van der Waals surface area contributed by atoms with Crippen molar-refractivity contribution in [2.75, 3.05) is 13.2 Å². The van der Waals surface area contributed by atoms with Gasteiger partial charge >= 0.3 is 0 Å². The lowest BCUT2D eigenvalue weighted by atomic mass is 9.70. The first-order chi connectivity index (χ1) is 39.5. The lowest BCUT2D eigenvalue weighted by Gasteiger charge is -2.31. The van der Waals surface area contributed by atoms with Crippen LogP contribution in [0.3, 0.4) is 0 Å². The van der Waals surface area contributed by atoms with Crippen molar-refractivity contribution in [2.24, 2.45) is 23.7 Å². The summed E-state index contributed by atoms with van der Waals surface area (Å²) in [5.41, 5.74) is 19.5. The van der Waals surface area contributed by atoms with Crippen LogP contribution in [0.1, 0.15) is 151 Å². The molecule has 2 aliphatic rings. The number of hydrogen-bond acceptors (Lipinski definition) is 2. The predicted octanol–water partition coefficient (Wildman–Crippen LogP) is 21.1. The third-order valence-corrected chi connectivity index (χ3v) is 18.1. The lowest BCUT2D eigenvalue weighted by Crippen LogP contribution is -2.26. The first kappa shape index (κ1) is 54.0.